The quantitative estimate of drug-likeness (QED) is 0.844. The number of rotatable bonds is 2. The highest BCUT2D eigenvalue weighted by atomic mass is 15.3. The molecule has 100 valence electrons. The van der Waals surface area contributed by atoms with Crippen LogP contribution >= 0.6 is 0 Å². The summed E-state index contributed by atoms with van der Waals surface area (Å²) in [5.41, 5.74) is 5.96. The highest BCUT2D eigenvalue weighted by Gasteiger charge is 2.34. The molecular weight excluding hydrogens is 226 g/mol. The molecule has 0 aromatic carbocycles. The number of hydrogen-bond acceptors (Lipinski definition) is 4. The molecule has 0 radical (unpaired) electrons. The van der Waals surface area contributed by atoms with Gasteiger partial charge in [0, 0.05) is 19.1 Å². The minimum absolute atomic E-state index is 0.643. The van der Waals surface area contributed by atoms with Crippen LogP contribution in [0.2, 0.25) is 0 Å². The summed E-state index contributed by atoms with van der Waals surface area (Å²) in [6, 6.07) is 0.643. The topological polar surface area (TPSA) is 60.0 Å². The van der Waals surface area contributed by atoms with Crippen LogP contribution in [0.1, 0.15) is 32.0 Å². The highest BCUT2D eigenvalue weighted by Crippen LogP contribution is 2.33. The lowest BCUT2D eigenvalue weighted by Gasteiger charge is -2.43. The normalized spacial score (nSPS) is 33.3. The third-order valence-corrected chi connectivity index (χ3v) is 4.66. The first-order chi connectivity index (χ1) is 8.78. The zero-order valence-corrected chi connectivity index (χ0v) is 11.1. The summed E-state index contributed by atoms with van der Waals surface area (Å²) in [5.74, 6) is 2.60. The van der Waals surface area contributed by atoms with E-state index in [0.29, 0.717) is 12.0 Å². The molecule has 0 spiro atoms. The lowest BCUT2D eigenvalue weighted by molar-refractivity contribution is 0.0625. The average molecular weight is 249 g/mol. The van der Waals surface area contributed by atoms with Crippen LogP contribution in [0.25, 0.3) is 0 Å². The fourth-order valence-corrected chi connectivity index (χ4v) is 3.50. The molecule has 2 heterocycles. The molecule has 3 unspecified atom stereocenters. The Morgan fingerprint density at radius 1 is 1.39 bits per heavy atom. The molecule has 1 aromatic heterocycles. The van der Waals surface area contributed by atoms with Crippen molar-refractivity contribution in [1.82, 2.24) is 19.7 Å². The number of aromatic nitrogens is 3. The van der Waals surface area contributed by atoms with Crippen molar-refractivity contribution in [2.24, 2.45) is 17.6 Å². The molecule has 0 saturated heterocycles. The fraction of sp³-hybridized carbons (Fsp3) is 0.846. The molecule has 0 amide bonds. The summed E-state index contributed by atoms with van der Waals surface area (Å²) in [6.45, 7) is 6.25. The first-order valence-electron chi connectivity index (χ1n) is 7.08. The van der Waals surface area contributed by atoms with Gasteiger partial charge in [-0.25, -0.2) is 0 Å². The maximum atomic E-state index is 5.96. The Kier molecular flexibility index (Phi) is 3.35. The van der Waals surface area contributed by atoms with E-state index in [1.807, 2.05) is 6.33 Å². The van der Waals surface area contributed by atoms with E-state index in [4.69, 9.17) is 5.73 Å². The number of fused-ring (bicyclic) bond motifs is 1. The molecule has 0 bridgehead atoms. The van der Waals surface area contributed by atoms with E-state index >= 15 is 0 Å². The second-order valence-electron chi connectivity index (χ2n) is 5.89. The first-order valence-corrected chi connectivity index (χ1v) is 7.08. The van der Waals surface area contributed by atoms with Crippen molar-refractivity contribution in [1.29, 1.82) is 0 Å². The molecule has 1 aromatic rings. The van der Waals surface area contributed by atoms with Gasteiger partial charge in [-0.3, -0.25) is 4.90 Å². The zero-order valence-electron chi connectivity index (χ0n) is 11.1. The van der Waals surface area contributed by atoms with Crippen LogP contribution in [0.5, 0.6) is 0 Å². The average Bonchev–Trinajstić information content (AvgIpc) is 2.85. The largest absolute Gasteiger partial charge is 0.330 e. The highest BCUT2D eigenvalue weighted by molar-refractivity contribution is 4.94. The van der Waals surface area contributed by atoms with Crippen molar-refractivity contribution in [2.45, 2.75) is 45.3 Å². The van der Waals surface area contributed by atoms with Crippen molar-refractivity contribution in [3.63, 3.8) is 0 Å². The number of nitrogens with two attached hydrogens (primary N) is 1. The van der Waals surface area contributed by atoms with Crippen molar-refractivity contribution in [2.75, 3.05) is 13.1 Å². The third kappa shape index (κ3) is 2.17. The Balaban J connectivity index is 1.74. The van der Waals surface area contributed by atoms with Gasteiger partial charge in [0.1, 0.15) is 12.2 Å². The van der Waals surface area contributed by atoms with Gasteiger partial charge < -0.3 is 10.3 Å². The molecule has 1 aliphatic carbocycles. The van der Waals surface area contributed by atoms with Crippen LogP contribution in [-0.4, -0.2) is 38.8 Å². The molecule has 1 aliphatic heterocycles. The molecule has 5 heteroatoms. The van der Waals surface area contributed by atoms with Gasteiger partial charge in [-0.15, -0.1) is 10.2 Å². The zero-order chi connectivity index (χ0) is 12.5. The van der Waals surface area contributed by atoms with Crippen LogP contribution in [0.4, 0.5) is 0 Å². The summed E-state index contributed by atoms with van der Waals surface area (Å²) in [7, 11) is 0. The second kappa shape index (κ2) is 4.97. The minimum atomic E-state index is 0.643. The Bertz CT molecular complexity index is 402. The Morgan fingerprint density at radius 2 is 2.28 bits per heavy atom. The first kappa shape index (κ1) is 12.1. The van der Waals surface area contributed by atoms with Crippen LogP contribution in [0.3, 0.4) is 0 Å². The predicted molar refractivity (Wildman–Crippen MR) is 69.8 cm³/mol. The third-order valence-electron chi connectivity index (χ3n) is 4.66. The summed E-state index contributed by atoms with van der Waals surface area (Å²) < 4.78 is 2.17. The van der Waals surface area contributed by atoms with Crippen LogP contribution in [-0.2, 0) is 13.1 Å². The van der Waals surface area contributed by atoms with E-state index in [9.17, 15) is 0 Å². The van der Waals surface area contributed by atoms with E-state index in [1.54, 1.807) is 0 Å². The van der Waals surface area contributed by atoms with Crippen LogP contribution in [0, 0.1) is 11.8 Å². The van der Waals surface area contributed by atoms with Gasteiger partial charge in [-0.2, -0.15) is 0 Å². The van der Waals surface area contributed by atoms with Gasteiger partial charge in [0.2, 0.25) is 0 Å². The maximum Gasteiger partial charge on any atom is 0.147 e. The molecular formula is C13H23N5. The smallest absolute Gasteiger partial charge is 0.147 e. The van der Waals surface area contributed by atoms with Gasteiger partial charge in [0.05, 0.1) is 6.54 Å². The molecule has 2 N–H and O–H groups in total. The van der Waals surface area contributed by atoms with E-state index in [-0.39, 0.29) is 0 Å². The van der Waals surface area contributed by atoms with Crippen LogP contribution < -0.4 is 5.73 Å². The summed E-state index contributed by atoms with van der Waals surface area (Å²) in [6.07, 6.45) is 5.75. The van der Waals surface area contributed by atoms with Gasteiger partial charge in [0.15, 0.2) is 0 Å². The Morgan fingerprint density at radius 3 is 3.11 bits per heavy atom. The molecule has 1 saturated carbocycles. The van der Waals surface area contributed by atoms with Gasteiger partial charge in [0.25, 0.3) is 0 Å². The van der Waals surface area contributed by atoms with Crippen LogP contribution in [0.15, 0.2) is 6.33 Å². The SMILES string of the molecule is CC1CCC(CN)C(N2CCn3cnnc3C2)C1. The molecule has 5 nitrogen and oxygen atoms in total. The van der Waals surface area contributed by atoms with Crippen molar-refractivity contribution >= 4 is 0 Å². The Hall–Kier alpha value is -0.940. The van der Waals surface area contributed by atoms with E-state index in [1.165, 1.54) is 19.3 Å². The van der Waals surface area contributed by atoms with Gasteiger partial charge in [-0.1, -0.05) is 13.3 Å². The number of nitrogens with zero attached hydrogens (tertiary/aromatic N) is 4. The number of hydrogen-bond donors (Lipinski definition) is 1. The van der Waals surface area contributed by atoms with E-state index in [2.05, 4.69) is 26.6 Å². The van der Waals surface area contributed by atoms with Crippen molar-refractivity contribution in [3.8, 4) is 0 Å². The molecule has 1 fully saturated rings. The fourth-order valence-electron chi connectivity index (χ4n) is 3.50. The lowest BCUT2D eigenvalue weighted by Crippen LogP contribution is -2.49. The molecule has 2 aliphatic rings. The van der Waals surface area contributed by atoms with Crippen molar-refractivity contribution < 1.29 is 0 Å². The van der Waals surface area contributed by atoms with Crippen molar-refractivity contribution in [3.05, 3.63) is 12.2 Å². The van der Waals surface area contributed by atoms with Gasteiger partial charge in [-0.05, 0) is 31.2 Å². The molecule has 3 rings (SSSR count). The summed E-state index contributed by atoms with van der Waals surface area (Å²) in [4.78, 5) is 2.58. The summed E-state index contributed by atoms with van der Waals surface area (Å²) >= 11 is 0. The van der Waals surface area contributed by atoms with E-state index in [0.717, 1.165) is 37.9 Å². The maximum absolute atomic E-state index is 5.96. The predicted octanol–water partition coefficient (Wildman–Crippen LogP) is 0.857. The standard InChI is InChI=1S/C13H23N5/c1-10-2-3-11(7-14)12(6-10)17-4-5-18-9-15-16-13(18)8-17/h9-12H,2-8,14H2,1H3. The monoisotopic (exact) mass is 249 g/mol. The Labute approximate surface area is 108 Å². The summed E-state index contributed by atoms with van der Waals surface area (Å²) in [5, 5.41) is 8.21. The molecule has 3 atom stereocenters. The van der Waals surface area contributed by atoms with Gasteiger partial charge >= 0.3 is 0 Å². The second-order valence-corrected chi connectivity index (χ2v) is 5.89. The molecule has 18 heavy (non-hydrogen) atoms. The minimum Gasteiger partial charge on any atom is -0.330 e. The lowest BCUT2D eigenvalue weighted by atomic mass is 9.78. The van der Waals surface area contributed by atoms with E-state index < -0.39 is 0 Å².